The summed E-state index contributed by atoms with van der Waals surface area (Å²) in [5, 5.41) is 12.8. The lowest BCUT2D eigenvalue weighted by molar-refractivity contribution is 0.671. The molecule has 0 fully saturated rings. The van der Waals surface area contributed by atoms with Gasteiger partial charge in [0.15, 0.2) is 5.84 Å². The zero-order chi connectivity index (χ0) is 54.3. The van der Waals surface area contributed by atoms with Gasteiger partial charge >= 0.3 is 0 Å². The second-order valence-electron chi connectivity index (χ2n) is 19.7. The van der Waals surface area contributed by atoms with Gasteiger partial charge in [-0.3, -0.25) is 9.98 Å². The van der Waals surface area contributed by atoms with Crippen molar-refractivity contribution in [2.45, 2.75) is 5.41 Å². The van der Waals surface area contributed by atoms with Gasteiger partial charge in [-0.2, -0.15) is 4.99 Å². The predicted molar refractivity (Wildman–Crippen MR) is 336 cm³/mol. The molecule has 0 saturated heterocycles. The summed E-state index contributed by atoms with van der Waals surface area (Å²) in [5.41, 5.74) is 9.54. The van der Waals surface area contributed by atoms with Gasteiger partial charge < -0.3 is 8.83 Å². The maximum atomic E-state index is 10.1. The zero-order valence-corrected chi connectivity index (χ0v) is 41.2. The fraction of sp³-hybridized carbons (Fsp3) is 0.0172. The van der Waals surface area contributed by atoms with Crippen molar-refractivity contribution in [1.29, 1.82) is 5.41 Å². The maximum absolute atomic E-state index is 10.1. The summed E-state index contributed by atoms with van der Waals surface area (Å²) in [6.45, 7) is 0. The van der Waals surface area contributed by atoms with Crippen molar-refractivity contribution in [3.63, 3.8) is 0 Å². The van der Waals surface area contributed by atoms with Gasteiger partial charge in [0.2, 0.25) is 5.96 Å². The van der Waals surface area contributed by atoms with E-state index in [1.165, 1.54) is 6.21 Å². The summed E-state index contributed by atoms with van der Waals surface area (Å²) in [5.74, 6) is -0.532. The van der Waals surface area contributed by atoms with Crippen molar-refractivity contribution < 1.29 is 8.83 Å². The summed E-state index contributed by atoms with van der Waals surface area (Å²) < 4.78 is 14.7. The highest BCUT2D eigenvalue weighted by Crippen LogP contribution is 2.64. The molecular weight excluding hydrogens is 936 g/mol. The summed E-state index contributed by atoms with van der Waals surface area (Å²) in [7, 11) is 92.5. The van der Waals surface area contributed by atoms with Gasteiger partial charge in [0.05, 0.1) is 22.0 Å². The molecule has 326 valence electrons. The normalized spacial score (nSPS) is 13.5. The third-order valence-electron chi connectivity index (χ3n) is 16.1. The minimum absolute atomic E-state index is 0.00523. The molecule has 14 rings (SSSR count). The van der Waals surface area contributed by atoms with E-state index < -0.39 is 11.3 Å². The molecule has 0 bridgehead atoms. The number of furan rings is 2. The molecule has 1 spiro atoms. The van der Waals surface area contributed by atoms with E-state index in [9.17, 15) is 5.41 Å². The molecule has 0 saturated carbocycles. The Hall–Kier alpha value is -7.70. The molecule has 78 heavy (non-hydrogen) atoms. The quantitative estimate of drug-likeness (QED) is 0.117. The Morgan fingerprint density at radius 1 is 0.423 bits per heavy atom. The molecule has 3 aromatic heterocycles. The Bertz CT molecular complexity index is 4850. The molecule has 20 heteroatoms. The number of nitrogens with one attached hydrogen (secondary N) is 1. The molecule has 6 nitrogen and oxygen atoms in total. The van der Waals surface area contributed by atoms with Gasteiger partial charge in [-0.15, -0.1) is 32.8 Å². The van der Waals surface area contributed by atoms with E-state index in [2.05, 4.69) is 78.9 Å². The molecule has 2 aliphatic carbocycles. The van der Waals surface area contributed by atoms with Crippen LogP contribution in [0.15, 0.2) is 128 Å². The maximum Gasteiger partial charge on any atom is 0.236 e. The Kier molecular flexibility index (Phi) is 10.5. The van der Waals surface area contributed by atoms with Crippen LogP contribution in [0, 0.1) is 5.41 Å². The average molecular weight is 956 g/mol. The van der Waals surface area contributed by atoms with E-state index in [1.54, 1.807) is 0 Å². The van der Waals surface area contributed by atoms with Crippen LogP contribution in [-0.4, -0.2) is 132 Å². The monoisotopic (exact) mass is 958 g/mol. The van der Waals surface area contributed by atoms with Crippen LogP contribution >= 0.6 is 0 Å². The van der Waals surface area contributed by atoms with Crippen molar-refractivity contribution in [3.8, 4) is 22.3 Å². The Morgan fingerprint density at radius 3 is 1.47 bits per heavy atom. The van der Waals surface area contributed by atoms with Crippen LogP contribution in [0.2, 0.25) is 0 Å². The second-order valence-corrected chi connectivity index (χ2v) is 19.7. The first-order chi connectivity index (χ1) is 37.5. The molecule has 0 amide bonds. The topological polar surface area (TPSA) is 79.8 Å². The highest BCUT2D eigenvalue weighted by Gasteiger charge is 2.52. The molecule has 1 N–H and O–H groups in total. The SMILES string of the molecule is [B]c1c([B])c([B])c2c(oc3c(C(=N)N=C(/N=C/c4c([B])c([B])c([B])c5oc6c([B])c([B])c([B])c([B])c6c45)n4c5ccccc5c5ccc6c(c54)-c4ccccc4C64c5ccccc5-c5ccccc54)c([B])c([B])c([B])c32)c1[B]. The van der Waals surface area contributed by atoms with Crippen molar-refractivity contribution >= 4 is 270 Å². The van der Waals surface area contributed by atoms with Crippen LogP contribution in [-0.2, 0) is 5.41 Å². The number of aliphatic imine (C=N–C) groups is 2. The number of nitrogens with zero attached hydrogens (tertiary/aromatic N) is 3. The first-order valence-electron chi connectivity index (χ1n) is 24.5. The first-order valence-corrected chi connectivity index (χ1v) is 24.5. The summed E-state index contributed by atoms with van der Waals surface area (Å²) >= 11 is 0. The van der Waals surface area contributed by atoms with E-state index in [1.807, 2.05) is 34.9 Å². The van der Waals surface area contributed by atoms with Crippen LogP contribution in [0.4, 0.5) is 0 Å². The van der Waals surface area contributed by atoms with E-state index >= 15 is 0 Å². The standard InChI is InChI=1S/C58H20B14N4O2/c59-37-25(32-33-38(60)44(66)46(68)49(71)54(33)78-53(32)48(70)42(37)64)19-74-57(75-56(73)36-41(63)43(65)39(61)34-35-40(62)45(67)47(69)50(72)55(35)77-52(34)36)76-30-16-8-4-11-22(30)23-17-18-29-31(51(23)76)24-12-3-7-15-28(24)58(29)26-13-5-1-9-20(26)21-10-2-6-14-27(21)58/h1-19,73H/b73-56?,74-19+,75-57?. The van der Waals surface area contributed by atoms with E-state index in [0.717, 1.165) is 60.8 Å². The van der Waals surface area contributed by atoms with Crippen LogP contribution in [0.5, 0.6) is 0 Å². The number of hydrogen-bond donors (Lipinski definition) is 1. The van der Waals surface area contributed by atoms with Crippen molar-refractivity contribution in [2.24, 2.45) is 9.98 Å². The van der Waals surface area contributed by atoms with Crippen molar-refractivity contribution in [3.05, 3.63) is 143 Å². The number of fused-ring (bicyclic) bond motifs is 20. The molecule has 0 aliphatic heterocycles. The van der Waals surface area contributed by atoms with E-state index in [0.29, 0.717) is 5.52 Å². The second kappa shape index (κ2) is 16.9. The van der Waals surface area contributed by atoms with Gasteiger partial charge in [-0.25, -0.2) is 4.99 Å². The molecule has 9 aromatic carbocycles. The third kappa shape index (κ3) is 6.04. The highest BCUT2D eigenvalue weighted by atomic mass is 16.3. The predicted octanol–water partition coefficient (Wildman–Crippen LogP) is -2.60. The molecule has 0 atom stereocenters. The molecule has 3 heterocycles. The van der Waals surface area contributed by atoms with Gasteiger partial charge in [0.1, 0.15) is 132 Å². The van der Waals surface area contributed by atoms with Crippen molar-refractivity contribution in [2.75, 3.05) is 0 Å². The lowest BCUT2D eigenvalue weighted by Crippen LogP contribution is -2.48. The fourth-order valence-corrected chi connectivity index (χ4v) is 12.4. The number of amidine groups is 1. The van der Waals surface area contributed by atoms with Gasteiger partial charge in [-0.05, 0) is 50.6 Å². The van der Waals surface area contributed by atoms with Gasteiger partial charge in [0, 0.05) is 44.1 Å². The Balaban J connectivity index is 1.13. The summed E-state index contributed by atoms with van der Waals surface area (Å²) in [4.78, 5) is 10.4. The van der Waals surface area contributed by atoms with E-state index in [4.69, 9.17) is 129 Å². The number of benzene rings is 9. The minimum Gasteiger partial charge on any atom is -0.457 e. The smallest absolute Gasteiger partial charge is 0.236 e. The molecule has 28 radical (unpaired) electrons. The zero-order valence-electron chi connectivity index (χ0n) is 41.2. The fourth-order valence-electron chi connectivity index (χ4n) is 12.4. The molecule has 2 aliphatic rings. The number of rotatable bonds is 2. The lowest BCUT2D eigenvalue weighted by Gasteiger charge is -2.30. The molecular formula is C58H20B14N4O2. The number of para-hydroxylation sites is 1. The van der Waals surface area contributed by atoms with Crippen LogP contribution in [0.3, 0.4) is 0 Å². The Labute approximate surface area is 466 Å². The summed E-state index contributed by atoms with van der Waals surface area (Å²) in [6, 6.07) is 37.7. The van der Waals surface area contributed by atoms with Crippen LogP contribution in [0.1, 0.15) is 33.4 Å². The van der Waals surface area contributed by atoms with E-state index in [-0.39, 0.29) is 137 Å². The van der Waals surface area contributed by atoms with Crippen molar-refractivity contribution in [1.82, 2.24) is 4.57 Å². The first kappa shape index (κ1) is 48.7. The molecule has 0 unspecified atom stereocenters. The minimum atomic E-state index is -0.738. The third-order valence-corrected chi connectivity index (χ3v) is 16.1. The van der Waals surface area contributed by atoms with Gasteiger partial charge in [-0.1, -0.05) is 147 Å². The van der Waals surface area contributed by atoms with Crippen LogP contribution < -0.4 is 76.5 Å². The number of aromatic nitrogens is 1. The largest absolute Gasteiger partial charge is 0.457 e. The Morgan fingerprint density at radius 2 is 0.872 bits per heavy atom. The highest BCUT2D eigenvalue weighted by molar-refractivity contribution is 6.71. The summed E-state index contributed by atoms with van der Waals surface area (Å²) in [6.07, 6.45) is 1.45. The van der Waals surface area contributed by atoms with Gasteiger partial charge in [0.25, 0.3) is 0 Å². The lowest BCUT2D eigenvalue weighted by atomic mass is 9.64. The average Bonchev–Trinajstić information content (AvgIpc) is 2.60. The van der Waals surface area contributed by atoms with Crippen LogP contribution in [0.25, 0.3) is 87.9 Å². The molecule has 12 aromatic rings. The number of hydrogen-bond acceptors (Lipinski definition) is 3.